The van der Waals surface area contributed by atoms with Crippen molar-refractivity contribution in [1.82, 2.24) is 4.90 Å². The van der Waals surface area contributed by atoms with Crippen molar-refractivity contribution in [3.05, 3.63) is 22.3 Å². The summed E-state index contributed by atoms with van der Waals surface area (Å²) in [6.07, 6.45) is 1.94. The Bertz CT molecular complexity index is 621. The standard InChI is InChI=1S/C19H27NO4/c1-11(19(24)20-9-7-15(21)8-10-20)5-6-16-14(4)17(22)12(2)13(3)18(16)23/h11,15,21H,5-10H2,1-4H3. The summed E-state index contributed by atoms with van der Waals surface area (Å²) >= 11 is 0. The lowest BCUT2D eigenvalue weighted by Crippen LogP contribution is -2.42. The lowest BCUT2D eigenvalue weighted by molar-refractivity contribution is -0.137. The summed E-state index contributed by atoms with van der Waals surface area (Å²) in [7, 11) is 0. The summed E-state index contributed by atoms with van der Waals surface area (Å²) in [5, 5.41) is 9.53. The van der Waals surface area contributed by atoms with Gasteiger partial charge in [0.05, 0.1) is 6.10 Å². The molecular formula is C19H27NO4. The van der Waals surface area contributed by atoms with Crippen molar-refractivity contribution >= 4 is 17.5 Å². The molecule has 0 aromatic carbocycles. The molecule has 5 nitrogen and oxygen atoms in total. The number of ketones is 2. The molecule has 0 aromatic rings. The molecule has 1 saturated heterocycles. The first-order valence-electron chi connectivity index (χ1n) is 8.67. The van der Waals surface area contributed by atoms with Crippen LogP contribution in [0, 0.1) is 5.92 Å². The van der Waals surface area contributed by atoms with Gasteiger partial charge in [0.25, 0.3) is 0 Å². The molecule has 1 aliphatic heterocycles. The van der Waals surface area contributed by atoms with Crippen LogP contribution in [0.3, 0.4) is 0 Å². The van der Waals surface area contributed by atoms with Gasteiger partial charge in [-0.1, -0.05) is 6.92 Å². The highest BCUT2D eigenvalue weighted by Crippen LogP contribution is 2.28. The Kier molecular flexibility index (Phi) is 5.75. The van der Waals surface area contributed by atoms with Gasteiger partial charge in [0.1, 0.15) is 0 Å². The molecule has 2 rings (SSSR count). The largest absolute Gasteiger partial charge is 0.393 e. The van der Waals surface area contributed by atoms with Crippen LogP contribution in [0.4, 0.5) is 0 Å². The van der Waals surface area contributed by atoms with E-state index in [0.717, 1.165) is 0 Å². The molecule has 0 aromatic heterocycles. The number of likely N-dealkylation sites (tertiary alicyclic amines) is 1. The molecule has 24 heavy (non-hydrogen) atoms. The summed E-state index contributed by atoms with van der Waals surface area (Å²) in [6, 6.07) is 0. The Balaban J connectivity index is 1.98. The minimum Gasteiger partial charge on any atom is -0.393 e. The first kappa shape index (κ1) is 18.6. The average molecular weight is 333 g/mol. The van der Waals surface area contributed by atoms with Crippen LogP contribution < -0.4 is 0 Å². The topological polar surface area (TPSA) is 74.7 Å². The van der Waals surface area contributed by atoms with Crippen LogP contribution in [0.15, 0.2) is 22.3 Å². The first-order valence-corrected chi connectivity index (χ1v) is 8.67. The van der Waals surface area contributed by atoms with E-state index in [1.807, 2.05) is 6.92 Å². The molecular weight excluding hydrogens is 306 g/mol. The van der Waals surface area contributed by atoms with Crippen LogP contribution in [0.2, 0.25) is 0 Å². The summed E-state index contributed by atoms with van der Waals surface area (Å²) in [4.78, 5) is 38.9. The fraction of sp³-hybridized carbons (Fsp3) is 0.632. The monoisotopic (exact) mass is 333 g/mol. The highest BCUT2D eigenvalue weighted by atomic mass is 16.3. The van der Waals surface area contributed by atoms with Gasteiger partial charge in [-0.15, -0.1) is 0 Å². The van der Waals surface area contributed by atoms with Crippen molar-refractivity contribution in [2.75, 3.05) is 13.1 Å². The number of rotatable bonds is 4. The number of carbonyl (C=O) groups is 3. The molecule has 0 spiro atoms. The lowest BCUT2D eigenvalue weighted by Gasteiger charge is -2.31. The summed E-state index contributed by atoms with van der Waals surface area (Å²) < 4.78 is 0. The molecule has 132 valence electrons. The number of nitrogens with zero attached hydrogens (tertiary/aromatic N) is 1. The lowest BCUT2D eigenvalue weighted by atomic mass is 9.83. The van der Waals surface area contributed by atoms with Crippen LogP contribution in [-0.4, -0.2) is 46.7 Å². The van der Waals surface area contributed by atoms with Crippen molar-refractivity contribution in [3.8, 4) is 0 Å². The summed E-state index contributed by atoms with van der Waals surface area (Å²) in [6.45, 7) is 8.12. The van der Waals surface area contributed by atoms with Gasteiger partial charge in [0.2, 0.25) is 5.91 Å². The Hall–Kier alpha value is -1.75. The quantitative estimate of drug-likeness (QED) is 0.800. The number of amides is 1. The maximum Gasteiger partial charge on any atom is 0.225 e. The second-order valence-electron chi connectivity index (χ2n) is 7.01. The van der Waals surface area contributed by atoms with E-state index in [0.29, 0.717) is 61.1 Å². The molecule has 1 aliphatic carbocycles. The Morgan fingerprint density at radius 3 is 2.21 bits per heavy atom. The van der Waals surface area contributed by atoms with E-state index < -0.39 is 0 Å². The predicted molar refractivity (Wildman–Crippen MR) is 91.3 cm³/mol. The highest BCUT2D eigenvalue weighted by Gasteiger charge is 2.29. The number of aliphatic hydroxyl groups is 1. The number of carbonyl (C=O) groups excluding carboxylic acids is 3. The van der Waals surface area contributed by atoms with Crippen molar-refractivity contribution in [2.24, 2.45) is 5.92 Å². The van der Waals surface area contributed by atoms with Gasteiger partial charge in [-0.25, -0.2) is 0 Å². The van der Waals surface area contributed by atoms with Crippen LogP contribution in [0.5, 0.6) is 0 Å². The normalized spacial score (nSPS) is 21.6. The third kappa shape index (κ3) is 3.66. The third-order valence-electron chi connectivity index (χ3n) is 5.34. The smallest absolute Gasteiger partial charge is 0.225 e. The Morgan fingerprint density at radius 2 is 1.62 bits per heavy atom. The molecule has 1 fully saturated rings. The highest BCUT2D eigenvalue weighted by molar-refractivity contribution is 6.24. The Morgan fingerprint density at radius 1 is 1.08 bits per heavy atom. The molecule has 0 saturated carbocycles. The van der Waals surface area contributed by atoms with E-state index in [2.05, 4.69) is 0 Å². The molecule has 1 unspecified atom stereocenters. The van der Waals surface area contributed by atoms with E-state index in [9.17, 15) is 19.5 Å². The van der Waals surface area contributed by atoms with Gasteiger partial charge in [-0.05, 0) is 46.5 Å². The van der Waals surface area contributed by atoms with Crippen molar-refractivity contribution in [2.45, 2.75) is 59.5 Å². The zero-order valence-electron chi connectivity index (χ0n) is 15.0. The number of allylic oxidation sites excluding steroid dienone is 4. The fourth-order valence-electron chi connectivity index (χ4n) is 3.34. The summed E-state index contributed by atoms with van der Waals surface area (Å²) in [5.74, 6) is -0.259. The number of hydrogen-bond donors (Lipinski definition) is 1. The fourth-order valence-corrected chi connectivity index (χ4v) is 3.34. The summed E-state index contributed by atoms with van der Waals surface area (Å²) in [5.41, 5.74) is 2.11. The van der Waals surface area contributed by atoms with Gasteiger partial charge in [0, 0.05) is 41.3 Å². The zero-order chi connectivity index (χ0) is 18.0. The number of aliphatic hydroxyl groups excluding tert-OH is 1. The number of Topliss-reactive ketones (excluding diaryl/α,β-unsaturated/α-hetero) is 2. The van der Waals surface area contributed by atoms with E-state index in [1.165, 1.54) is 0 Å². The molecule has 5 heteroatoms. The SMILES string of the molecule is CC1=C(C)C(=O)C(CCC(C)C(=O)N2CCC(O)CC2)=C(C)C1=O. The van der Waals surface area contributed by atoms with Gasteiger partial charge < -0.3 is 10.0 Å². The minimum atomic E-state index is -0.305. The molecule has 2 aliphatic rings. The van der Waals surface area contributed by atoms with Crippen LogP contribution in [-0.2, 0) is 14.4 Å². The second kappa shape index (κ2) is 7.43. The first-order chi connectivity index (χ1) is 11.2. The molecule has 0 bridgehead atoms. The predicted octanol–water partition coefficient (Wildman–Crippen LogP) is 2.19. The minimum absolute atomic E-state index is 0.0638. The van der Waals surface area contributed by atoms with Gasteiger partial charge in [-0.2, -0.15) is 0 Å². The molecule has 1 N–H and O–H groups in total. The van der Waals surface area contributed by atoms with Crippen molar-refractivity contribution in [1.29, 1.82) is 0 Å². The maximum atomic E-state index is 12.5. The number of piperidine rings is 1. The second-order valence-corrected chi connectivity index (χ2v) is 7.01. The van der Waals surface area contributed by atoms with Crippen molar-refractivity contribution in [3.63, 3.8) is 0 Å². The van der Waals surface area contributed by atoms with Gasteiger partial charge >= 0.3 is 0 Å². The van der Waals surface area contributed by atoms with E-state index >= 15 is 0 Å². The molecule has 1 atom stereocenters. The van der Waals surface area contributed by atoms with E-state index in [4.69, 9.17) is 0 Å². The van der Waals surface area contributed by atoms with E-state index in [-0.39, 0.29) is 29.5 Å². The van der Waals surface area contributed by atoms with Crippen molar-refractivity contribution < 1.29 is 19.5 Å². The maximum absolute atomic E-state index is 12.5. The Labute approximate surface area is 143 Å². The van der Waals surface area contributed by atoms with Gasteiger partial charge in [0.15, 0.2) is 11.6 Å². The van der Waals surface area contributed by atoms with Crippen LogP contribution in [0.25, 0.3) is 0 Å². The van der Waals surface area contributed by atoms with Gasteiger partial charge in [-0.3, -0.25) is 14.4 Å². The van der Waals surface area contributed by atoms with Crippen LogP contribution in [0.1, 0.15) is 53.4 Å². The average Bonchev–Trinajstić information content (AvgIpc) is 2.58. The zero-order valence-corrected chi connectivity index (χ0v) is 15.0. The van der Waals surface area contributed by atoms with Crippen LogP contribution >= 0.6 is 0 Å². The number of hydrogen-bond acceptors (Lipinski definition) is 4. The molecule has 1 heterocycles. The third-order valence-corrected chi connectivity index (χ3v) is 5.34. The molecule has 1 amide bonds. The van der Waals surface area contributed by atoms with E-state index in [1.54, 1.807) is 25.7 Å². The molecule has 0 radical (unpaired) electrons.